The second-order valence-corrected chi connectivity index (χ2v) is 5.88. The normalized spacial score (nSPS) is 26.2. The third kappa shape index (κ3) is 2.85. The van der Waals surface area contributed by atoms with Gasteiger partial charge in [-0.3, -0.25) is 9.59 Å². The summed E-state index contributed by atoms with van der Waals surface area (Å²) in [5.41, 5.74) is 11.9. The zero-order valence-electron chi connectivity index (χ0n) is 12.0. The Morgan fingerprint density at radius 1 is 1.45 bits per heavy atom. The van der Waals surface area contributed by atoms with Crippen molar-refractivity contribution in [2.75, 3.05) is 5.32 Å². The van der Waals surface area contributed by atoms with E-state index in [1.165, 1.54) is 0 Å². The highest BCUT2D eigenvalue weighted by Gasteiger charge is 2.37. The summed E-state index contributed by atoms with van der Waals surface area (Å²) in [5.74, 6) is -0.806. The van der Waals surface area contributed by atoms with Crippen LogP contribution in [0, 0.1) is 5.92 Å². The van der Waals surface area contributed by atoms with Gasteiger partial charge in [-0.2, -0.15) is 0 Å². The standard InChI is InChI=1S/C14H22N4O2/c1-14(16)6-4-3-5-10(14)13(20)17-9-7-11(12(15)19)18(2)8-9/h7-8,10H,3-6,16H2,1-2H3,(H2,15,19)(H,17,20). The Bertz CT molecular complexity index is 533. The van der Waals surface area contributed by atoms with Crippen LogP contribution in [0.2, 0.25) is 0 Å². The van der Waals surface area contributed by atoms with Gasteiger partial charge in [0.15, 0.2) is 0 Å². The summed E-state index contributed by atoms with van der Waals surface area (Å²) in [7, 11) is 1.71. The van der Waals surface area contributed by atoms with Crippen LogP contribution in [0.4, 0.5) is 5.69 Å². The molecule has 1 fully saturated rings. The van der Waals surface area contributed by atoms with Gasteiger partial charge in [0.1, 0.15) is 5.69 Å². The molecule has 5 N–H and O–H groups in total. The molecule has 0 bridgehead atoms. The van der Waals surface area contributed by atoms with Crippen LogP contribution in [0.5, 0.6) is 0 Å². The lowest BCUT2D eigenvalue weighted by molar-refractivity contribution is -0.122. The maximum atomic E-state index is 12.4. The fourth-order valence-electron chi connectivity index (χ4n) is 2.90. The molecular formula is C14H22N4O2. The van der Waals surface area contributed by atoms with Gasteiger partial charge in [-0.1, -0.05) is 12.8 Å². The SMILES string of the molecule is Cn1cc(NC(=O)C2CCCCC2(C)N)cc1C(N)=O. The number of rotatable bonds is 3. The van der Waals surface area contributed by atoms with E-state index < -0.39 is 11.4 Å². The molecule has 1 aliphatic carbocycles. The number of hydrogen-bond acceptors (Lipinski definition) is 3. The van der Waals surface area contributed by atoms with Crippen LogP contribution in [0.25, 0.3) is 0 Å². The molecule has 2 unspecified atom stereocenters. The second-order valence-electron chi connectivity index (χ2n) is 5.88. The van der Waals surface area contributed by atoms with Crippen LogP contribution in [0.15, 0.2) is 12.3 Å². The number of carbonyl (C=O) groups is 2. The molecule has 0 spiro atoms. The molecule has 2 atom stereocenters. The van der Waals surface area contributed by atoms with Crippen molar-refractivity contribution in [3.05, 3.63) is 18.0 Å². The molecule has 110 valence electrons. The first-order valence-electron chi connectivity index (χ1n) is 6.87. The van der Waals surface area contributed by atoms with E-state index in [1.54, 1.807) is 23.9 Å². The van der Waals surface area contributed by atoms with Crippen LogP contribution in [-0.4, -0.2) is 21.9 Å². The van der Waals surface area contributed by atoms with Crippen LogP contribution in [0.3, 0.4) is 0 Å². The van der Waals surface area contributed by atoms with Gasteiger partial charge in [0.05, 0.1) is 11.6 Å². The highest BCUT2D eigenvalue weighted by atomic mass is 16.2. The van der Waals surface area contributed by atoms with E-state index >= 15 is 0 Å². The van der Waals surface area contributed by atoms with Gasteiger partial charge in [0.2, 0.25) is 5.91 Å². The van der Waals surface area contributed by atoms with E-state index in [0.29, 0.717) is 11.4 Å². The Kier molecular flexibility index (Phi) is 3.85. The van der Waals surface area contributed by atoms with Crippen molar-refractivity contribution in [3.63, 3.8) is 0 Å². The van der Waals surface area contributed by atoms with Crippen LogP contribution in [-0.2, 0) is 11.8 Å². The van der Waals surface area contributed by atoms with Gasteiger partial charge in [0, 0.05) is 18.8 Å². The number of carbonyl (C=O) groups excluding carboxylic acids is 2. The predicted molar refractivity (Wildman–Crippen MR) is 77.1 cm³/mol. The molecule has 1 aromatic rings. The molecular weight excluding hydrogens is 256 g/mol. The first kappa shape index (κ1) is 14.6. The van der Waals surface area contributed by atoms with Gasteiger partial charge in [-0.15, -0.1) is 0 Å². The topological polar surface area (TPSA) is 103 Å². The molecule has 6 nitrogen and oxygen atoms in total. The quantitative estimate of drug-likeness (QED) is 0.767. The largest absolute Gasteiger partial charge is 0.364 e. The van der Waals surface area contributed by atoms with Gasteiger partial charge < -0.3 is 21.4 Å². The number of aromatic nitrogens is 1. The zero-order chi connectivity index (χ0) is 14.9. The Morgan fingerprint density at radius 3 is 2.70 bits per heavy atom. The molecule has 0 saturated heterocycles. The summed E-state index contributed by atoms with van der Waals surface area (Å²) in [5, 5.41) is 2.84. The number of primary amides is 1. The van der Waals surface area contributed by atoms with Crippen molar-refractivity contribution < 1.29 is 9.59 Å². The summed E-state index contributed by atoms with van der Waals surface area (Å²) >= 11 is 0. The number of nitrogens with two attached hydrogens (primary N) is 2. The van der Waals surface area contributed by atoms with Crippen LogP contribution < -0.4 is 16.8 Å². The fourth-order valence-corrected chi connectivity index (χ4v) is 2.90. The molecule has 2 amide bonds. The van der Waals surface area contributed by atoms with Gasteiger partial charge in [-0.25, -0.2) is 0 Å². The highest BCUT2D eigenvalue weighted by Crippen LogP contribution is 2.32. The predicted octanol–water partition coefficient (Wildman–Crippen LogP) is 0.970. The Labute approximate surface area is 118 Å². The van der Waals surface area contributed by atoms with Gasteiger partial charge >= 0.3 is 0 Å². The van der Waals surface area contributed by atoms with E-state index in [0.717, 1.165) is 25.7 Å². The minimum Gasteiger partial charge on any atom is -0.364 e. The Morgan fingerprint density at radius 2 is 2.15 bits per heavy atom. The first-order valence-corrected chi connectivity index (χ1v) is 6.87. The van der Waals surface area contributed by atoms with Crippen molar-refractivity contribution >= 4 is 17.5 Å². The van der Waals surface area contributed by atoms with Gasteiger partial charge in [0.25, 0.3) is 5.91 Å². The van der Waals surface area contributed by atoms with Crippen molar-refractivity contribution in [3.8, 4) is 0 Å². The molecule has 0 radical (unpaired) electrons. The lowest BCUT2D eigenvalue weighted by Crippen LogP contribution is -2.51. The summed E-state index contributed by atoms with van der Waals surface area (Å²) in [4.78, 5) is 23.6. The zero-order valence-corrected chi connectivity index (χ0v) is 12.0. The smallest absolute Gasteiger partial charge is 0.265 e. The van der Waals surface area contributed by atoms with E-state index in [2.05, 4.69) is 5.32 Å². The number of hydrogen-bond donors (Lipinski definition) is 3. The summed E-state index contributed by atoms with van der Waals surface area (Å²) in [6.07, 6.45) is 5.41. The minimum absolute atomic E-state index is 0.0867. The van der Waals surface area contributed by atoms with Crippen molar-refractivity contribution in [2.24, 2.45) is 24.4 Å². The molecule has 6 heteroatoms. The lowest BCUT2D eigenvalue weighted by atomic mass is 9.74. The van der Waals surface area contributed by atoms with Crippen molar-refractivity contribution in [2.45, 2.75) is 38.1 Å². The number of nitrogens with zero attached hydrogens (tertiary/aromatic N) is 1. The summed E-state index contributed by atoms with van der Waals surface area (Å²) in [6.45, 7) is 1.93. The highest BCUT2D eigenvalue weighted by molar-refractivity contribution is 5.97. The average Bonchev–Trinajstić information content (AvgIpc) is 2.69. The number of anilines is 1. The Balaban J connectivity index is 2.11. The molecule has 1 aliphatic rings. The average molecular weight is 278 g/mol. The lowest BCUT2D eigenvalue weighted by Gasteiger charge is -2.37. The maximum Gasteiger partial charge on any atom is 0.265 e. The van der Waals surface area contributed by atoms with Crippen molar-refractivity contribution in [1.29, 1.82) is 0 Å². The second kappa shape index (κ2) is 5.28. The molecule has 20 heavy (non-hydrogen) atoms. The molecule has 1 aromatic heterocycles. The maximum absolute atomic E-state index is 12.4. The molecule has 1 saturated carbocycles. The van der Waals surface area contributed by atoms with E-state index in [-0.39, 0.29) is 11.8 Å². The molecule has 0 aliphatic heterocycles. The molecule has 1 heterocycles. The van der Waals surface area contributed by atoms with Gasteiger partial charge in [-0.05, 0) is 25.8 Å². The third-order valence-electron chi connectivity index (χ3n) is 4.10. The van der Waals surface area contributed by atoms with E-state index in [9.17, 15) is 9.59 Å². The third-order valence-corrected chi connectivity index (χ3v) is 4.10. The summed E-state index contributed by atoms with van der Waals surface area (Å²) in [6, 6.07) is 1.58. The first-order chi connectivity index (χ1) is 9.31. The van der Waals surface area contributed by atoms with Crippen LogP contribution in [0.1, 0.15) is 43.1 Å². The van der Waals surface area contributed by atoms with E-state index in [4.69, 9.17) is 11.5 Å². The molecule has 0 aromatic carbocycles. The van der Waals surface area contributed by atoms with Crippen LogP contribution >= 0.6 is 0 Å². The summed E-state index contributed by atoms with van der Waals surface area (Å²) < 4.78 is 1.60. The minimum atomic E-state index is -0.519. The number of aryl methyl sites for hydroxylation is 1. The molecule has 2 rings (SSSR count). The monoisotopic (exact) mass is 278 g/mol. The number of amides is 2. The van der Waals surface area contributed by atoms with E-state index in [1.807, 2.05) is 6.92 Å². The number of nitrogens with one attached hydrogen (secondary N) is 1. The Hall–Kier alpha value is -1.82. The van der Waals surface area contributed by atoms with Crippen molar-refractivity contribution in [1.82, 2.24) is 4.57 Å². The fraction of sp³-hybridized carbons (Fsp3) is 0.571.